The van der Waals surface area contributed by atoms with Gasteiger partial charge < -0.3 is 15.9 Å². The van der Waals surface area contributed by atoms with Crippen LogP contribution in [0.5, 0.6) is 0 Å². The molecule has 1 atom stereocenters. The van der Waals surface area contributed by atoms with Crippen molar-refractivity contribution in [3.63, 3.8) is 0 Å². The van der Waals surface area contributed by atoms with Gasteiger partial charge in [0.05, 0.1) is 11.3 Å². The summed E-state index contributed by atoms with van der Waals surface area (Å²) < 4.78 is 37.9. The van der Waals surface area contributed by atoms with Gasteiger partial charge in [-0.25, -0.2) is 0 Å². The predicted octanol–water partition coefficient (Wildman–Crippen LogP) is 1.56. The quantitative estimate of drug-likeness (QED) is 0.501. The van der Waals surface area contributed by atoms with Crippen molar-refractivity contribution in [2.24, 2.45) is 0 Å². The van der Waals surface area contributed by atoms with Gasteiger partial charge in [0.15, 0.2) is 5.54 Å². The molecule has 0 saturated carbocycles. The first kappa shape index (κ1) is 16.1. The summed E-state index contributed by atoms with van der Waals surface area (Å²) in [7, 11) is 1.29. The van der Waals surface area contributed by atoms with Gasteiger partial charge in [0.2, 0.25) is 5.91 Å². The third-order valence-electron chi connectivity index (χ3n) is 2.88. The van der Waals surface area contributed by atoms with Gasteiger partial charge in [0.25, 0.3) is 0 Å². The molecule has 0 spiro atoms. The Kier molecular flexibility index (Phi) is 4.51. The first-order chi connectivity index (χ1) is 9.16. The molecule has 4 N–H and O–H groups in total. The summed E-state index contributed by atoms with van der Waals surface area (Å²) in [5.74, 6) is -0.748. The molecule has 1 aromatic rings. The minimum atomic E-state index is -4.55. The number of benzene rings is 1. The van der Waals surface area contributed by atoms with Gasteiger partial charge in [-0.3, -0.25) is 4.79 Å². The lowest BCUT2D eigenvalue weighted by atomic mass is 9.89. The molecule has 0 saturated heterocycles. The second-order valence-corrected chi connectivity index (χ2v) is 4.27. The summed E-state index contributed by atoms with van der Waals surface area (Å²) in [5, 5.41) is 19.2. The molecule has 8 heteroatoms. The summed E-state index contributed by atoms with van der Waals surface area (Å²) in [6, 6.07) is 4.01. The van der Waals surface area contributed by atoms with Crippen molar-refractivity contribution >= 4 is 11.6 Å². The molecule has 0 heterocycles. The number of hydrogen-bond donors (Lipinski definition) is 4. The molecule has 0 aromatic heterocycles. The van der Waals surface area contributed by atoms with Crippen LogP contribution in [0.1, 0.15) is 18.1 Å². The first-order valence-corrected chi connectivity index (χ1v) is 5.57. The summed E-state index contributed by atoms with van der Waals surface area (Å²) in [6.07, 6.45) is -4.55. The molecular weight excluding hydrogens is 275 g/mol. The van der Waals surface area contributed by atoms with Crippen LogP contribution in [0, 0.1) is 5.41 Å². The number of amides is 1. The summed E-state index contributed by atoms with van der Waals surface area (Å²) >= 11 is 0. The molecule has 1 aromatic carbocycles. The number of carbonyl (C=O) groups is 1. The van der Waals surface area contributed by atoms with Gasteiger partial charge in [0.1, 0.15) is 0 Å². The number of hydroxylamine groups is 1. The molecule has 20 heavy (non-hydrogen) atoms. The van der Waals surface area contributed by atoms with E-state index in [-0.39, 0.29) is 5.56 Å². The summed E-state index contributed by atoms with van der Waals surface area (Å²) in [5.41, 5.74) is -1.71. The van der Waals surface area contributed by atoms with E-state index >= 15 is 0 Å². The normalized spacial score (nSPS) is 14.5. The number of likely N-dealkylation sites (N-methyl/N-ethyl adjacent to an activating group) is 1. The van der Waals surface area contributed by atoms with Crippen LogP contribution in [-0.4, -0.2) is 29.4 Å². The highest BCUT2D eigenvalue weighted by molar-refractivity contribution is 6.18. The van der Waals surface area contributed by atoms with Gasteiger partial charge in [0, 0.05) is 7.05 Å². The Labute approximate surface area is 113 Å². The molecule has 1 unspecified atom stereocenters. The minimum absolute atomic E-state index is 0.118. The molecule has 1 amide bonds. The van der Waals surface area contributed by atoms with Crippen LogP contribution < -0.4 is 10.8 Å². The second-order valence-electron chi connectivity index (χ2n) is 4.27. The van der Waals surface area contributed by atoms with Gasteiger partial charge in [-0.1, -0.05) is 12.1 Å². The van der Waals surface area contributed by atoms with Crippen molar-refractivity contribution in [2.75, 3.05) is 7.05 Å². The molecule has 0 aliphatic rings. The number of alkyl halides is 3. The average molecular weight is 289 g/mol. The van der Waals surface area contributed by atoms with Crippen molar-refractivity contribution in [1.29, 1.82) is 5.41 Å². The van der Waals surface area contributed by atoms with Crippen LogP contribution in [0.4, 0.5) is 13.2 Å². The van der Waals surface area contributed by atoms with Crippen molar-refractivity contribution in [1.82, 2.24) is 10.8 Å². The highest BCUT2D eigenvalue weighted by atomic mass is 19.4. The SMILES string of the molecule is CNC(=O)C(C)(NO)C(=N)c1cccc(C(F)(F)F)c1. The van der Waals surface area contributed by atoms with Crippen molar-refractivity contribution in [3.8, 4) is 0 Å². The maximum absolute atomic E-state index is 12.6. The van der Waals surface area contributed by atoms with Gasteiger partial charge in [-0.15, -0.1) is 0 Å². The van der Waals surface area contributed by atoms with E-state index in [0.29, 0.717) is 0 Å². The van der Waals surface area contributed by atoms with E-state index in [0.717, 1.165) is 18.2 Å². The average Bonchev–Trinajstić information content (AvgIpc) is 2.43. The Morgan fingerprint density at radius 1 is 1.35 bits per heavy atom. The van der Waals surface area contributed by atoms with E-state index in [1.54, 1.807) is 5.48 Å². The Hall–Kier alpha value is -1.93. The molecule has 0 fully saturated rings. The zero-order chi connectivity index (χ0) is 15.6. The smallest absolute Gasteiger partial charge is 0.357 e. The third-order valence-corrected chi connectivity index (χ3v) is 2.88. The van der Waals surface area contributed by atoms with Crippen LogP contribution >= 0.6 is 0 Å². The molecule has 0 radical (unpaired) electrons. The van der Waals surface area contributed by atoms with Crippen molar-refractivity contribution in [2.45, 2.75) is 18.6 Å². The summed E-state index contributed by atoms with van der Waals surface area (Å²) in [4.78, 5) is 11.7. The molecule has 0 bridgehead atoms. The Morgan fingerprint density at radius 2 is 1.95 bits per heavy atom. The van der Waals surface area contributed by atoms with Gasteiger partial charge >= 0.3 is 6.18 Å². The number of nitrogens with one attached hydrogen (secondary N) is 3. The topological polar surface area (TPSA) is 85.2 Å². The monoisotopic (exact) mass is 289 g/mol. The van der Waals surface area contributed by atoms with E-state index in [9.17, 15) is 18.0 Å². The molecular formula is C12H14F3N3O2. The van der Waals surface area contributed by atoms with E-state index in [1.165, 1.54) is 20.0 Å². The second kappa shape index (κ2) is 5.59. The van der Waals surface area contributed by atoms with E-state index in [1.807, 2.05) is 0 Å². The van der Waals surface area contributed by atoms with Crippen LogP contribution in [0.2, 0.25) is 0 Å². The minimum Gasteiger partial charge on any atom is -0.357 e. The van der Waals surface area contributed by atoms with E-state index in [2.05, 4.69) is 5.32 Å². The zero-order valence-corrected chi connectivity index (χ0v) is 10.8. The Morgan fingerprint density at radius 3 is 2.40 bits per heavy atom. The molecule has 0 aliphatic carbocycles. The largest absolute Gasteiger partial charge is 0.416 e. The number of carbonyl (C=O) groups excluding carboxylic acids is 1. The lowest BCUT2D eigenvalue weighted by Gasteiger charge is -2.27. The highest BCUT2D eigenvalue weighted by Gasteiger charge is 2.38. The third kappa shape index (κ3) is 2.97. The highest BCUT2D eigenvalue weighted by Crippen LogP contribution is 2.30. The zero-order valence-electron chi connectivity index (χ0n) is 10.8. The van der Waals surface area contributed by atoms with Gasteiger partial charge in [-0.2, -0.15) is 18.7 Å². The molecule has 5 nitrogen and oxygen atoms in total. The predicted molar refractivity (Wildman–Crippen MR) is 65.7 cm³/mol. The molecule has 1 rings (SSSR count). The first-order valence-electron chi connectivity index (χ1n) is 5.57. The van der Waals surface area contributed by atoms with Crippen LogP contribution in [0.25, 0.3) is 0 Å². The lowest BCUT2D eigenvalue weighted by Crippen LogP contribution is -2.58. The number of halogens is 3. The van der Waals surface area contributed by atoms with Crippen LogP contribution in [0.15, 0.2) is 24.3 Å². The molecule has 110 valence electrons. The van der Waals surface area contributed by atoms with Gasteiger partial charge in [-0.05, 0) is 24.6 Å². The van der Waals surface area contributed by atoms with Crippen LogP contribution in [-0.2, 0) is 11.0 Å². The van der Waals surface area contributed by atoms with Crippen molar-refractivity contribution < 1.29 is 23.2 Å². The fourth-order valence-electron chi connectivity index (χ4n) is 1.61. The number of hydrogen-bond acceptors (Lipinski definition) is 4. The fourth-order valence-corrected chi connectivity index (χ4v) is 1.61. The van der Waals surface area contributed by atoms with E-state index in [4.69, 9.17) is 10.6 Å². The number of rotatable bonds is 4. The maximum Gasteiger partial charge on any atom is 0.416 e. The van der Waals surface area contributed by atoms with E-state index < -0.39 is 28.9 Å². The fraction of sp³-hybridized carbons (Fsp3) is 0.333. The molecule has 0 aliphatic heterocycles. The Balaban J connectivity index is 3.24. The standard InChI is InChI=1S/C12H14F3N3O2/c1-11(18-20,10(19)17-2)9(16)7-4-3-5-8(6-7)12(13,14)15/h3-6,16,18,20H,1-2H3,(H,17,19). The van der Waals surface area contributed by atoms with Crippen LogP contribution in [0.3, 0.4) is 0 Å². The maximum atomic E-state index is 12.6. The lowest BCUT2D eigenvalue weighted by molar-refractivity contribution is -0.137. The van der Waals surface area contributed by atoms with Crippen molar-refractivity contribution in [3.05, 3.63) is 35.4 Å². The summed E-state index contributed by atoms with van der Waals surface area (Å²) in [6.45, 7) is 1.19. The Bertz CT molecular complexity index is 531.